The molecule has 0 aliphatic carbocycles. The highest BCUT2D eigenvalue weighted by molar-refractivity contribution is 5.95. The summed E-state index contributed by atoms with van der Waals surface area (Å²) in [7, 11) is 0. The fraction of sp³-hybridized carbons (Fsp3) is 0.467. The molecule has 2 amide bonds. The smallest absolute Gasteiger partial charge is 0.339 e. The molecule has 0 aromatic heterocycles. The number of carbonyl (C=O) groups is 2. The van der Waals surface area contributed by atoms with Gasteiger partial charge < -0.3 is 20.4 Å². The minimum Gasteiger partial charge on any atom is -0.507 e. The van der Waals surface area contributed by atoms with Gasteiger partial charge in [-0.05, 0) is 37.0 Å². The molecular weight excluding hydrogens is 272 g/mol. The van der Waals surface area contributed by atoms with E-state index < -0.39 is 5.97 Å². The Balaban J connectivity index is 2.00. The molecule has 1 aromatic rings. The number of hydrogen-bond acceptors (Lipinski definition) is 3. The van der Waals surface area contributed by atoms with Crippen molar-refractivity contribution in [2.75, 3.05) is 18.4 Å². The first-order valence-corrected chi connectivity index (χ1v) is 7.13. The summed E-state index contributed by atoms with van der Waals surface area (Å²) in [4.78, 5) is 24.8. The number of nitrogens with one attached hydrogen (secondary N) is 1. The van der Waals surface area contributed by atoms with E-state index in [4.69, 9.17) is 5.11 Å². The molecule has 0 spiro atoms. The van der Waals surface area contributed by atoms with Gasteiger partial charge in [-0.2, -0.15) is 0 Å². The first-order chi connectivity index (χ1) is 10.0. The lowest BCUT2D eigenvalue weighted by atomic mass is 9.95. The fourth-order valence-corrected chi connectivity index (χ4v) is 2.53. The van der Waals surface area contributed by atoms with Crippen molar-refractivity contribution in [3.05, 3.63) is 23.8 Å². The number of aromatic hydroxyl groups is 1. The third-order valence-electron chi connectivity index (χ3n) is 3.96. The molecule has 6 heteroatoms. The average Bonchev–Trinajstić information content (AvgIpc) is 2.49. The monoisotopic (exact) mass is 292 g/mol. The molecule has 1 aliphatic rings. The van der Waals surface area contributed by atoms with E-state index >= 15 is 0 Å². The summed E-state index contributed by atoms with van der Waals surface area (Å²) >= 11 is 0. The molecule has 1 heterocycles. The van der Waals surface area contributed by atoms with Gasteiger partial charge in [0.25, 0.3) is 0 Å². The number of benzene rings is 1. The average molecular weight is 292 g/mol. The highest BCUT2D eigenvalue weighted by atomic mass is 16.4. The Morgan fingerprint density at radius 1 is 1.33 bits per heavy atom. The van der Waals surface area contributed by atoms with Crippen molar-refractivity contribution < 1.29 is 19.8 Å². The first kappa shape index (κ1) is 15.2. The Hall–Kier alpha value is -2.24. The Bertz CT molecular complexity index is 536. The first-order valence-electron chi connectivity index (χ1n) is 7.13. The zero-order valence-corrected chi connectivity index (χ0v) is 12.0. The van der Waals surface area contributed by atoms with Crippen molar-refractivity contribution in [2.24, 2.45) is 5.92 Å². The molecule has 0 saturated carbocycles. The molecular formula is C15H20N2O4. The van der Waals surface area contributed by atoms with Crippen LogP contribution in [0.5, 0.6) is 5.75 Å². The predicted molar refractivity (Wildman–Crippen MR) is 78.7 cm³/mol. The summed E-state index contributed by atoms with van der Waals surface area (Å²) in [6.45, 7) is 3.59. The summed E-state index contributed by atoms with van der Waals surface area (Å²) in [5, 5.41) is 21.1. The van der Waals surface area contributed by atoms with Gasteiger partial charge in [-0.3, -0.25) is 0 Å². The van der Waals surface area contributed by atoms with Crippen LogP contribution in [0.4, 0.5) is 10.5 Å². The van der Waals surface area contributed by atoms with Crippen LogP contribution in [0.15, 0.2) is 18.2 Å². The summed E-state index contributed by atoms with van der Waals surface area (Å²) in [5.41, 5.74) is 0.144. The maximum atomic E-state index is 12.1. The molecule has 2 rings (SSSR count). The van der Waals surface area contributed by atoms with E-state index in [0.717, 1.165) is 19.3 Å². The quantitative estimate of drug-likeness (QED) is 0.747. The molecule has 1 saturated heterocycles. The zero-order chi connectivity index (χ0) is 15.4. The lowest BCUT2D eigenvalue weighted by Crippen LogP contribution is -2.40. The number of amides is 2. The van der Waals surface area contributed by atoms with Gasteiger partial charge in [0.2, 0.25) is 0 Å². The van der Waals surface area contributed by atoms with Gasteiger partial charge in [0.15, 0.2) is 0 Å². The second kappa shape index (κ2) is 6.47. The fourth-order valence-electron chi connectivity index (χ4n) is 2.53. The maximum Gasteiger partial charge on any atom is 0.339 e. The number of rotatable bonds is 3. The predicted octanol–water partition coefficient (Wildman–Crippen LogP) is 2.74. The Kier molecular flexibility index (Phi) is 4.67. The molecule has 1 aromatic carbocycles. The van der Waals surface area contributed by atoms with Crippen LogP contribution in [0.3, 0.4) is 0 Å². The summed E-state index contributed by atoms with van der Waals surface area (Å²) < 4.78 is 0. The number of phenols is 1. The number of carbonyl (C=O) groups excluding carboxylic acids is 1. The van der Waals surface area contributed by atoms with E-state index in [1.165, 1.54) is 18.2 Å². The summed E-state index contributed by atoms with van der Waals surface area (Å²) in [6.07, 6.45) is 3.13. The standard InChI is InChI=1S/C15H20N2O4/c1-2-10-5-7-17(8-6-10)15(21)16-11-3-4-13(18)12(9-11)14(19)20/h3-4,9-10,18H,2,5-8H2,1H3,(H,16,21)(H,19,20). The van der Waals surface area contributed by atoms with Crippen LogP contribution in [-0.4, -0.2) is 40.2 Å². The van der Waals surface area contributed by atoms with Crippen LogP contribution >= 0.6 is 0 Å². The molecule has 21 heavy (non-hydrogen) atoms. The van der Waals surface area contributed by atoms with Crippen molar-refractivity contribution in [1.29, 1.82) is 0 Å². The minimum atomic E-state index is -1.23. The van der Waals surface area contributed by atoms with Gasteiger partial charge in [0, 0.05) is 18.8 Å². The van der Waals surface area contributed by atoms with E-state index in [-0.39, 0.29) is 17.3 Å². The number of carboxylic acids is 1. The Morgan fingerprint density at radius 2 is 2.00 bits per heavy atom. The van der Waals surface area contributed by atoms with Crippen molar-refractivity contribution in [2.45, 2.75) is 26.2 Å². The van der Waals surface area contributed by atoms with Gasteiger partial charge >= 0.3 is 12.0 Å². The summed E-state index contributed by atoms with van der Waals surface area (Å²) in [5.74, 6) is -0.863. The molecule has 1 aliphatic heterocycles. The second-order valence-electron chi connectivity index (χ2n) is 5.31. The molecule has 114 valence electrons. The third-order valence-corrected chi connectivity index (χ3v) is 3.96. The van der Waals surface area contributed by atoms with Crippen LogP contribution in [-0.2, 0) is 0 Å². The van der Waals surface area contributed by atoms with Crippen molar-refractivity contribution in [3.8, 4) is 5.75 Å². The van der Waals surface area contributed by atoms with Gasteiger partial charge in [-0.25, -0.2) is 9.59 Å². The Labute approximate surface area is 123 Å². The van der Waals surface area contributed by atoms with E-state index in [0.29, 0.717) is 24.7 Å². The highest BCUT2D eigenvalue weighted by Gasteiger charge is 2.22. The van der Waals surface area contributed by atoms with Crippen molar-refractivity contribution >= 4 is 17.7 Å². The van der Waals surface area contributed by atoms with E-state index in [1.807, 2.05) is 0 Å². The summed E-state index contributed by atoms with van der Waals surface area (Å²) in [6, 6.07) is 3.78. The van der Waals surface area contributed by atoms with Gasteiger partial charge in [-0.15, -0.1) is 0 Å². The number of anilines is 1. The number of likely N-dealkylation sites (tertiary alicyclic amines) is 1. The number of hydrogen-bond donors (Lipinski definition) is 3. The SMILES string of the molecule is CCC1CCN(C(=O)Nc2ccc(O)c(C(=O)O)c2)CC1. The van der Waals surface area contributed by atoms with Gasteiger partial charge in [-0.1, -0.05) is 13.3 Å². The lowest BCUT2D eigenvalue weighted by Gasteiger charge is -2.31. The number of piperidine rings is 1. The van der Waals surface area contributed by atoms with Crippen LogP contribution < -0.4 is 5.32 Å². The van der Waals surface area contributed by atoms with E-state index in [2.05, 4.69) is 12.2 Å². The zero-order valence-electron chi connectivity index (χ0n) is 12.0. The molecule has 0 radical (unpaired) electrons. The normalized spacial score (nSPS) is 15.8. The minimum absolute atomic E-state index is 0.225. The lowest BCUT2D eigenvalue weighted by molar-refractivity contribution is 0.0693. The maximum absolute atomic E-state index is 12.1. The highest BCUT2D eigenvalue weighted by Crippen LogP contribution is 2.23. The number of urea groups is 1. The topological polar surface area (TPSA) is 89.9 Å². The molecule has 6 nitrogen and oxygen atoms in total. The molecule has 3 N–H and O–H groups in total. The van der Waals surface area contributed by atoms with Crippen molar-refractivity contribution in [3.63, 3.8) is 0 Å². The third kappa shape index (κ3) is 3.65. The van der Waals surface area contributed by atoms with Crippen LogP contribution in [0.25, 0.3) is 0 Å². The van der Waals surface area contributed by atoms with E-state index in [9.17, 15) is 14.7 Å². The second-order valence-corrected chi connectivity index (χ2v) is 5.31. The van der Waals surface area contributed by atoms with Gasteiger partial charge in [0.1, 0.15) is 11.3 Å². The molecule has 0 atom stereocenters. The molecule has 0 unspecified atom stereocenters. The number of aromatic carboxylic acids is 1. The van der Waals surface area contributed by atoms with Crippen LogP contribution in [0.2, 0.25) is 0 Å². The van der Waals surface area contributed by atoms with Crippen LogP contribution in [0, 0.1) is 5.92 Å². The van der Waals surface area contributed by atoms with Gasteiger partial charge in [0.05, 0.1) is 0 Å². The Morgan fingerprint density at radius 3 is 2.57 bits per heavy atom. The largest absolute Gasteiger partial charge is 0.507 e. The van der Waals surface area contributed by atoms with Crippen molar-refractivity contribution in [1.82, 2.24) is 4.90 Å². The number of nitrogens with zero attached hydrogens (tertiary/aromatic N) is 1. The molecule has 1 fully saturated rings. The molecule has 0 bridgehead atoms. The van der Waals surface area contributed by atoms with Crippen LogP contribution in [0.1, 0.15) is 36.5 Å². The number of carboxylic acid groups (broad SMARTS) is 1. The van der Waals surface area contributed by atoms with E-state index in [1.54, 1.807) is 4.90 Å².